The minimum absolute atomic E-state index is 0.0189. The monoisotopic (exact) mass is 511 g/mol. The largest absolute Gasteiger partial charge is 0.376 e. The van der Waals surface area contributed by atoms with Crippen LogP contribution < -0.4 is 5.32 Å². The van der Waals surface area contributed by atoms with Gasteiger partial charge in [-0.3, -0.25) is 14.4 Å². The lowest BCUT2D eigenvalue weighted by atomic mass is 9.85. The first-order chi connectivity index (χ1) is 17.3. The molecule has 2 aromatic heterocycles. The zero-order valence-corrected chi connectivity index (χ0v) is 21.3. The molecule has 3 aromatic rings. The number of hydrogen-bond acceptors (Lipinski definition) is 5. The van der Waals surface area contributed by atoms with Crippen molar-refractivity contribution >= 4 is 34.1 Å². The summed E-state index contributed by atoms with van der Waals surface area (Å²) in [6, 6.07) is 7.98. The number of pyridine rings is 1. The Balaban J connectivity index is 1.15. The van der Waals surface area contributed by atoms with Crippen molar-refractivity contribution < 1.29 is 13.9 Å². The summed E-state index contributed by atoms with van der Waals surface area (Å²) in [5, 5.41) is 10.1. The third kappa shape index (κ3) is 4.29. The van der Waals surface area contributed by atoms with Gasteiger partial charge in [0, 0.05) is 41.7 Å². The minimum Gasteiger partial charge on any atom is -0.376 e. The summed E-state index contributed by atoms with van der Waals surface area (Å²) < 4.78 is 21.7. The number of anilines is 1. The summed E-state index contributed by atoms with van der Waals surface area (Å²) in [5.41, 5.74) is 1.54. The summed E-state index contributed by atoms with van der Waals surface area (Å²) >= 11 is 6.70. The molecule has 0 spiro atoms. The Morgan fingerprint density at radius 2 is 2.06 bits per heavy atom. The van der Waals surface area contributed by atoms with Crippen LogP contribution >= 0.6 is 11.6 Å². The fourth-order valence-electron chi connectivity index (χ4n) is 5.86. The number of halogens is 2. The van der Waals surface area contributed by atoms with Crippen molar-refractivity contribution in [2.45, 2.75) is 49.7 Å². The van der Waals surface area contributed by atoms with Gasteiger partial charge in [-0.1, -0.05) is 11.6 Å². The third-order valence-electron chi connectivity index (χ3n) is 8.32. The Labute approximate surface area is 215 Å². The van der Waals surface area contributed by atoms with E-state index < -0.39 is 11.7 Å². The molecule has 1 aliphatic carbocycles. The molecule has 4 atom stereocenters. The smallest absolute Gasteiger partial charge is 0.229 e. The number of rotatable bonds is 5. The molecule has 3 fully saturated rings. The molecular weight excluding hydrogens is 481 g/mol. The van der Waals surface area contributed by atoms with Gasteiger partial charge in [0.1, 0.15) is 12.0 Å². The average molecular weight is 512 g/mol. The first-order valence-corrected chi connectivity index (χ1v) is 13.1. The van der Waals surface area contributed by atoms with Crippen molar-refractivity contribution in [3.63, 3.8) is 0 Å². The summed E-state index contributed by atoms with van der Waals surface area (Å²) in [5.74, 6) is 0.937. The standard InChI is InChI=1S/C27H31ClFN5O2/c1-27(15-36-14-24(27)29)34-7-3-16(4-8-34)19-9-17-11-25(30-13-18(17)10-22(19)28)31-26(35)21-12-20(21)23-5-6-33(2)32-23/h5-6,9-11,13,16,20-21,24H,3-4,7-8,12,14-15H2,1-2H3,(H,30,31,35)/t20?,21?,24-,27+/m0/s1. The van der Waals surface area contributed by atoms with Gasteiger partial charge in [-0.05, 0) is 80.4 Å². The van der Waals surface area contributed by atoms with Crippen LogP contribution in [0.25, 0.3) is 10.8 Å². The highest BCUT2D eigenvalue weighted by Gasteiger charge is 2.47. The van der Waals surface area contributed by atoms with E-state index in [0.717, 1.165) is 59.4 Å². The molecule has 7 nitrogen and oxygen atoms in total. The number of fused-ring (bicyclic) bond motifs is 1. The van der Waals surface area contributed by atoms with Crippen molar-refractivity contribution in [3.8, 4) is 0 Å². The Hall–Kier alpha value is -2.55. The molecule has 2 unspecified atom stereocenters. The molecule has 2 saturated heterocycles. The van der Waals surface area contributed by atoms with E-state index >= 15 is 0 Å². The van der Waals surface area contributed by atoms with E-state index in [-0.39, 0.29) is 24.3 Å². The lowest BCUT2D eigenvalue weighted by Gasteiger charge is -2.43. The second kappa shape index (κ2) is 9.08. The number of hydrogen-bond donors (Lipinski definition) is 1. The fraction of sp³-hybridized carbons (Fsp3) is 0.519. The molecule has 0 bridgehead atoms. The molecule has 1 N–H and O–H groups in total. The summed E-state index contributed by atoms with van der Waals surface area (Å²) in [6.45, 7) is 4.23. The van der Waals surface area contributed by atoms with E-state index in [4.69, 9.17) is 16.3 Å². The number of nitrogens with one attached hydrogen (secondary N) is 1. The summed E-state index contributed by atoms with van der Waals surface area (Å²) in [4.78, 5) is 19.5. The number of aromatic nitrogens is 3. The maximum Gasteiger partial charge on any atom is 0.229 e. The van der Waals surface area contributed by atoms with Crippen LogP contribution in [0.5, 0.6) is 0 Å². The number of nitrogens with zero attached hydrogens (tertiary/aromatic N) is 4. The summed E-state index contributed by atoms with van der Waals surface area (Å²) in [7, 11) is 1.88. The Morgan fingerprint density at radius 1 is 1.25 bits per heavy atom. The molecule has 3 aliphatic rings. The predicted octanol–water partition coefficient (Wildman–Crippen LogP) is 4.67. The van der Waals surface area contributed by atoms with Crippen molar-refractivity contribution in [1.29, 1.82) is 0 Å². The van der Waals surface area contributed by atoms with Crippen LogP contribution in [0.1, 0.15) is 49.3 Å². The van der Waals surface area contributed by atoms with Crippen LogP contribution in [0, 0.1) is 5.92 Å². The van der Waals surface area contributed by atoms with Gasteiger partial charge in [0.2, 0.25) is 5.91 Å². The van der Waals surface area contributed by atoms with Crippen molar-refractivity contribution in [3.05, 3.63) is 52.9 Å². The molecule has 36 heavy (non-hydrogen) atoms. The third-order valence-corrected chi connectivity index (χ3v) is 8.65. The van der Waals surface area contributed by atoms with Crippen molar-refractivity contribution in [2.24, 2.45) is 13.0 Å². The highest BCUT2D eigenvalue weighted by molar-refractivity contribution is 6.32. The van der Waals surface area contributed by atoms with Gasteiger partial charge in [-0.2, -0.15) is 5.10 Å². The molecule has 190 valence electrons. The van der Waals surface area contributed by atoms with Crippen molar-refractivity contribution in [2.75, 3.05) is 31.6 Å². The van der Waals surface area contributed by atoms with Crippen LogP contribution in [0.3, 0.4) is 0 Å². The topological polar surface area (TPSA) is 72.3 Å². The summed E-state index contributed by atoms with van der Waals surface area (Å²) in [6.07, 6.45) is 5.35. The first kappa shape index (κ1) is 23.8. The van der Waals surface area contributed by atoms with Gasteiger partial charge >= 0.3 is 0 Å². The first-order valence-electron chi connectivity index (χ1n) is 12.7. The molecule has 0 radical (unpaired) electrons. The number of carbonyl (C=O) groups excluding carboxylic acids is 1. The minimum atomic E-state index is -0.950. The van der Waals surface area contributed by atoms with E-state index in [2.05, 4.69) is 26.4 Å². The molecule has 9 heteroatoms. The molecule has 1 aromatic carbocycles. The van der Waals surface area contributed by atoms with Gasteiger partial charge in [-0.15, -0.1) is 0 Å². The number of likely N-dealkylation sites (tertiary alicyclic amines) is 1. The van der Waals surface area contributed by atoms with Gasteiger partial charge in [0.05, 0.1) is 24.4 Å². The van der Waals surface area contributed by atoms with Crippen LogP contribution in [-0.2, 0) is 16.6 Å². The van der Waals surface area contributed by atoms with Crippen LogP contribution in [0.15, 0.2) is 36.7 Å². The molecule has 4 heterocycles. The Kier molecular flexibility index (Phi) is 6.01. The van der Waals surface area contributed by atoms with E-state index in [1.165, 1.54) is 0 Å². The van der Waals surface area contributed by atoms with Gasteiger partial charge < -0.3 is 10.1 Å². The van der Waals surface area contributed by atoms with Crippen molar-refractivity contribution in [1.82, 2.24) is 19.7 Å². The number of piperidine rings is 1. The number of alkyl halides is 1. The van der Waals surface area contributed by atoms with Crippen LogP contribution in [-0.4, -0.2) is 63.6 Å². The molecule has 1 saturated carbocycles. The molecule has 1 amide bonds. The number of amides is 1. The lowest BCUT2D eigenvalue weighted by molar-refractivity contribution is -0.117. The number of carbonyl (C=O) groups is 1. The van der Waals surface area contributed by atoms with E-state index in [0.29, 0.717) is 18.3 Å². The van der Waals surface area contributed by atoms with Crippen LogP contribution in [0.4, 0.5) is 10.2 Å². The quantitative estimate of drug-likeness (QED) is 0.539. The van der Waals surface area contributed by atoms with E-state index in [1.54, 1.807) is 10.9 Å². The van der Waals surface area contributed by atoms with Gasteiger partial charge in [0.25, 0.3) is 0 Å². The molecule has 6 rings (SSSR count). The Morgan fingerprint density at radius 3 is 2.75 bits per heavy atom. The van der Waals surface area contributed by atoms with Gasteiger partial charge in [-0.25, -0.2) is 9.37 Å². The molecule has 2 aliphatic heterocycles. The SMILES string of the molecule is Cn1ccc(C2CC2C(=O)Nc2cc3cc(C4CCN([C@]5(C)COC[C@@H]5F)CC4)c(Cl)cc3cn2)n1. The zero-order chi connectivity index (χ0) is 25.0. The maximum atomic E-state index is 14.5. The Bertz CT molecular complexity index is 1310. The second-order valence-corrected chi connectivity index (χ2v) is 11.2. The zero-order valence-electron chi connectivity index (χ0n) is 20.6. The number of aryl methyl sites for hydroxylation is 1. The molecular formula is C27H31ClFN5O2. The highest BCUT2D eigenvalue weighted by atomic mass is 35.5. The number of ether oxygens (including phenoxy) is 1. The predicted molar refractivity (Wildman–Crippen MR) is 137 cm³/mol. The number of benzene rings is 1. The fourth-order valence-corrected chi connectivity index (χ4v) is 6.18. The lowest BCUT2D eigenvalue weighted by Crippen LogP contribution is -2.55. The van der Waals surface area contributed by atoms with E-state index in [1.807, 2.05) is 38.4 Å². The van der Waals surface area contributed by atoms with E-state index in [9.17, 15) is 9.18 Å². The maximum absolute atomic E-state index is 14.5. The average Bonchev–Trinajstić information content (AvgIpc) is 3.44. The van der Waals surface area contributed by atoms with Gasteiger partial charge in [0.15, 0.2) is 0 Å². The normalized spacial score (nSPS) is 29.1. The van der Waals surface area contributed by atoms with Crippen LogP contribution in [0.2, 0.25) is 5.02 Å². The highest BCUT2D eigenvalue weighted by Crippen LogP contribution is 2.47. The second-order valence-electron chi connectivity index (χ2n) is 10.7.